The molecular weight excluding hydrogens is 208 g/mol. The quantitative estimate of drug-likeness (QED) is 0.792. The minimum Gasteiger partial charge on any atom is -0.453 e. The highest BCUT2D eigenvalue weighted by Crippen LogP contribution is 2.43. The summed E-state index contributed by atoms with van der Waals surface area (Å²) in [7, 11) is 0. The maximum absolute atomic E-state index is 5.49. The monoisotopic (exact) mass is 218 g/mol. The van der Waals surface area contributed by atoms with Crippen LogP contribution in [0.15, 0.2) is 22.7 Å². The minimum absolute atomic E-state index is 0.237. The normalized spacial score (nSPS) is 13.1. The van der Waals surface area contributed by atoms with E-state index in [1.54, 1.807) is 6.07 Å². The first kappa shape index (κ1) is 9.08. The summed E-state index contributed by atoms with van der Waals surface area (Å²) in [4.78, 5) is 0. The molecule has 0 fully saturated rings. The average molecular weight is 218 g/mol. The van der Waals surface area contributed by atoms with Crippen LogP contribution in [0.25, 0.3) is 11.3 Å². The van der Waals surface area contributed by atoms with Gasteiger partial charge in [-0.25, -0.2) is 0 Å². The standard InChI is InChI=1S/C11H10N2O3/c1-6-2-3-7(8-4-9(12)16-13-8)11-10(6)14-5-15-11/h2-4H,5,12H2,1H3. The van der Waals surface area contributed by atoms with E-state index in [0.717, 1.165) is 16.9 Å². The van der Waals surface area contributed by atoms with Crippen molar-refractivity contribution in [3.05, 3.63) is 23.8 Å². The average Bonchev–Trinajstić information content (AvgIpc) is 2.87. The minimum atomic E-state index is 0.237. The van der Waals surface area contributed by atoms with Crippen molar-refractivity contribution in [3.8, 4) is 22.8 Å². The molecule has 0 saturated carbocycles. The molecule has 3 rings (SSSR count). The van der Waals surface area contributed by atoms with Gasteiger partial charge in [0.1, 0.15) is 5.69 Å². The van der Waals surface area contributed by atoms with E-state index in [1.165, 1.54) is 0 Å². The van der Waals surface area contributed by atoms with Gasteiger partial charge >= 0.3 is 0 Å². The van der Waals surface area contributed by atoms with Crippen molar-refractivity contribution in [2.75, 3.05) is 12.5 Å². The van der Waals surface area contributed by atoms with Crippen LogP contribution in [0.3, 0.4) is 0 Å². The molecule has 1 aromatic heterocycles. The van der Waals surface area contributed by atoms with E-state index in [2.05, 4.69) is 5.16 Å². The first-order valence-electron chi connectivity index (χ1n) is 4.87. The van der Waals surface area contributed by atoms with Gasteiger partial charge in [0.05, 0.1) is 0 Å². The smallest absolute Gasteiger partial charge is 0.231 e. The molecule has 16 heavy (non-hydrogen) atoms. The lowest BCUT2D eigenvalue weighted by Crippen LogP contribution is -1.93. The summed E-state index contributed by atoms with van der Waals surface area (Å²) >= 11 is 0. The summed E-state index contributed by atoms with van der Waals surface area (Å²) in [6.45, 7) is 2.20. The van der Waals surface area contributed by atoms with Crippen LogP contribution >= 0.6 is 0 Å². The molecule has 1 aliphatic rings. The first-order chi connectivity index (χ1) is 7.75. The highest BCUT2D eigenvalue weighted by molar-refractivity contribution is 5.74. The van der Waals surface area contributed by atoms with Gasteiger partial charge in [-0.2, -0.15) is 0 Å². The Bertz CT molecular complexity index is 548. The van der Waals surface area contributed by atoms with Crippen LogP contribution in [-0.4, -0.2) is 11.9 Å². The van der Waals surface area contributed by atoms with Crippen LogP contribution in [-0.2, 0) is 0 Å². The van der Waals surface area contributed by atoms with E-state index < -0.39 is 0 Å². The number of rotatable bonds is 1. The van der Waals surface area contributed by atoms with E-state index in [4.69, 9.17) is 19.7 Å². The highest BCUT2D eigenvalue weighted by atomic mass is 16.7. The van der Waals surface area contributed by atoms with E-state index in [0.29, 0.717) is 11.4 Å². The Morgan fingerprint density at radius 1 is 1.25 bits per heavy atom. The number of hydrogen-bond acceptors (Lipinski definition) is 5. The fourth-order valence-corrected chi connectivity index (χ4v) is 1.75. The second kappa shape index (κ2) is 3.16. The SMILES string of the molecule is Cc1ccc(-c2cc(N)on2)c2c1OCO2. The van der Waals surface area contributed by atoms with Crippen molar-refractivity contribution < 1.29 is 14.0 Å². The Morgan fingerprint density at radius 2 is 2.06 bits per heavy atom. The molecule has 82 valence electrons. The second-order valence-corrected chi connectivity index (χ2v) is 3.61. The fraction of sp³-hybridized carbons (Fsp3) is 0.182. The van der Waals surface area contributed by atoms with Crippen LogP contribution in [0.5, 0.6) is 11.5 Å². The van der Waals surface area contributed by atoms with Gasteiger partial charge in [0.15, 0.2) is 11.5 Å². The number of fused-ring (bicyclic) bond motifs is 1. The van der Waals surface area contributed by atoms with Gasteiger partial charge in [-0.3, -0.25) is 0 Å². The number of nitrogens with two attached hydrogens (primary N) is 1. The molecule has 0 unspecified atom stereocenters. The Labute approximate surface area is 91.7 Å². The number of hydrogen-bond donors (Lipinski definition) is 1. The molecule has 0 radical (unpaired) electrons. The zero-order valence-electron chi connectivity index (χ0n) is 8.69. The topological polar surface area (TPSA) is 70.5 Å². The summed E-state index contributed by atoms with van der Waals surface area (Å²) in [5.41, 5.74) is 8.01. The molecule has 0 amide bonds. The van der Waals surface area contributed by atoms with Crippen molar-refractivity contribution in [2.45, 2.75) is 6.92 Å². The molecule has 5 heteroatoms. The van der Waals surface area contributed by atoms with Crippen LogP contribution in [0.2, 0.25) is 0 Å². The predicted molar refractivity (Wildman–Crippen MR) is 57.2 cm³/mol. The summed E-state index contributed by atoms with van der Waals surface area (Å²) < 4.78 is 15.7. The lowest BCUT2D eigenvalue weighted by molar-refractivity contribution is 0.173. The maximum Gasteiger partial charge on any atom is 0.231 e. The molecule has 0 saturated heterocycles. The van der Waals surface area contributed by atoms with Crippen LogP contribution < -0.4 is 15.2 Å². The number of ether oxygens (including phenoxy) is 2. The Balaban J connectivity index is 2.19. The number of aryl methyl sites for hydroxylation is 1. The van der Waals surface area contributed by atoms with Gasteiger partial charge in [-0.15, -0.1) is 0 Å². The third kappa shape index (κ3) is 1.21. The third-order valence-corrected chi connectivity index (χ3v) is 2.52. The van der Waals surface area contributed by atoms with Crippen molar-refractivity contribution in [2.24, 2.45) is 0 Å². The maximum atomic E-state index is 5.49. The van der Waals surface area contributed by atoms with Gasteiger partial charge in [-0.1, -0.05) is 11.2 Å². The second-order valence-electron chi connectivity index (χ2n) is 3.61. The number of benzene rings is 1. The van der Waals surface area contributed by atoms with Gasteiger partial charge in [0, 0.05) is 11.6 Å². The predicted octanol–water partition coefficient (Wildman–Crippen LogP) is 1.96. The Hall–Kier alpha value is -2.17. The summed E-state index contributed by atoms with van der Waals surface area (Å²) in [6, 6.07) is 5.53. The number of aromatic nitrogens is 1. The molecule has 1 aromatic carbocycles. The van der Waals surface area contributed by atoms with Crippen molar-refractivity contribution in [3.63, 3.8) is 0 Å². The molecule has 0 atom stereocenters. The molecular formula is C11H10N2O3. The van der Waals surface area contributed by atoms with Gasteiger partial charge in [0.25, 0.3) is 0 Å². The molecule has 2 aromatic rings. The van der Waals surface area contributed by atoms with E-state index in [9.17, 15) is 0 Å². The van der Waals surface area contributed by atoms with Crippen LogP contribution in [0, 0.1) is 6.92 Å². The molecule has 0 spiro atoms. The Kier molecular flexibility index (Phi) is 1.80. The summed E-state index contributed by atoms with van der Waals surface area (Å²) in [5, 5.41) is 3.86. The first-order valence-corrected chi connectivity index (χ1v) is 4.87. The molecule has 0 bridgehead atoms. The largest absolute Gasteiger partial charge is 0.453 e. The fourth-order valence-electron chi connectivity index (χ4n) is 1.75. The lowest BCUT2D eigenvalue weighted by atomic mass is 10.1. The van der Waals surface area contributed by atoms with E-state index in [1.807, 2.05) is 19.1 Å². The van der Waals surface area contributed by atoms with Crippen molar-refractivity contribution in [1.82, 2.24) is 5.16 Å². The summed E-state index contributed by atoms with van der Waals surface area (Å²) in [5.74, 6) is 1.75. The molecule has 2 N–H and O–H groups in total. The molecule has 0 aliphatic carbocycles. The lowest BCUT2D eigenvalue weighted by Gasteiger charge is -2.04. The zero-order chi connectivity index (χ0) is 11.1. The van der Waals surface area contributed by atoms with Gasteiger partial charge < -0.3 is 19.7 Å². The molecule has 1 aliphatic heterocycles. The van der Waals surface area contributed by atoms with E-state index in [-0.39, 0.29) is 12.7 Å². The van der Waals surface area contributed by atoms with E-state index >= 15 is 0 Å². The van der Waals surface area contributed by atoms with Crippen molar-refractivity contribution in [1.29, 1.82) is 0 Å². The van der Waals surface area contributed by atoms with Gasteiger partial charge in [-0.05, 0) is 18.6 Å². The third-order valence-electron chi connectivity index (χ3n) is 2.52. The van der Waals surface area contributed by atoms with Crippen LogP contribution in [0.1, 0.15) is 5.56 Å². The Morgan fingerprint density at radius 3 is 2.81 bits per heavy atom. The summed E-state index contributed by atoms with van der Waals surface area (Å²) in [6.07, 6.45) is 0. The molecule has 2 heterocycles. The number of nitrogen functional groups attached to an aromatic ring is 1. The number of anilines is 1. The van der Waals surface area contributed by atoms with Crippen molar-refractivity contribution >= 4 is 5.88 Å². The highest BCUT2D eigenvalue weighted by Gasteiger charge is 2.22. The van der Waals surface area contributed by atoms with Gasteiger partial charge in [0.2, 0.25) is 12.7 Å². The molecule has 5 nitrogen and oxygen atoms in total. The number of nitrogens with zero attached hydrogens (tertiary/aromatic N) is 1. The van der Waals surface area contributed by atoms with Crippen LogP contribution in [0.4, 0.5) is 5.88 Å². The zero-order valence-corrected chi connectivity index (χ0v) is 8.69.